The van der Waals surface area contributed by atoms with Gasteiger partial charge in [0.2, 0.25) is 0 Å². The lowest BCUT2D eigenvalue weighted by atomic mass is 9.95. The van der Waals surface area contributed by atoms with Crippen LogP contribution in [0.25, 0.3) is 0 Å². The third-order valence-corrected chi connectivity index (χ3v) is 4.19. The SMILES string of the molecule is CCC1CCCN(CC(=O)c2cccc(Br)c2)C1. The molecule has 1 fully saturated rings. The third kappa shape index (κ3) is 3.66. The maximum atomic E-state index is 12.2. The molecule has 0 aliphatic carbocycles. The Bertz CT molecular complexity index is 419. The Labute approximate surface area is 117 Å². The Balaban J connectivity index is 1.95. The highest BCUT2D eigenvalue weighted by atomic mass is 79.9. The van der Waals surface area contributed by atoms with E-state index in [1.165, 1.54) is 19.3 Å². The molecule has 0 radical (unpaired) electrons. The standard InChI is InChI=1S/C15H20BrNO/c1-2-12-5-4-8-17(10-12)11-15(18)13-6-3-7-14(16)9-13/h3,6-7,9,12H,2,4-5,8,10-11H2,1H3. The lowest BCUT2D eigenvalue weighted by Gasteiger charge is -2.31. The van der Waals surface area contributed by atoms with Crippen LogP contribution in [0.5, 0.6) is 0 Å². The maximum absolute atomic E-state index is 12.2. The van der Waals surface area contributed by atoms with E-state index < -0.39 is 0 Å². The van der Waals surface area contributed by atoms with Gasteiger partial charge in [0.25, 0.3) is 0 Å². The fraction of sp³-hybridized carbons (Fsp3) is 0.533. The smallest absolute Gasteiger partial charge is 0.176 e. The number of piperidine rings is 1. The number of hydrogen-bond donors (Lipinski definition) is 0. The molecule has 2 rings (SSSR count). The van der Waals surface area contributed by atoms with Crippen LogP contribution in [-0.2, 0) is 0 Å². The largest absolute Gasteiger partial charge is 0.296 e. The first-order valence-corrected chi connectivity index (χ1v) is 7.49. The predicted molar refractivity (Wildman–Crippen MR) is 77.9 cm³/mol. The van der Waals surface area contributed by atoms with E-state index in [1.807, 2.05) is 24.3 Å². The molecule has 18 heavy (non-hydrogen) atoms. The Morgan fingerprint density at radius 1 is 1.50 bits per heavy atom. The van der Waals surface area contributed by atoms with Gasteiger partial charge in [-0.2, -0.15) is 0 Å². The van der Waals surface area contributed by atoms with E-state index in [9.17, 15) is 4.79 Å². The van der Waals surface area contributed by atoms with Crippen molar-refractivity contribution in [2.24, 2.45) is 5.92 Å². The zero-order chi connectivity index (χ0) is 13.0. The molecule has 3 heteroatoms. The molecule has 0 aromatic heterocycles. The van der Waals surface area contributed by atoms with Crippen molar-refractivity contribution >= 4 is 21.7 Å². The van der Waals surface area contributed by atoms with Gasteiger partial charge in [-0.15, -0.1) is 0 Å². The van der Waals surface area contributed by atoms with E-state index in [1.54, 1.807) is 0 Å². The van der Waals surface area contributed by atoms with Gasteiger partial charge in [0.1, 0.15) is 0 Å². The Kier molecular flexibility index (Phi) is 4.95. The molecule has 98 valence electrons. The van der Waals surface area contributed by atoms with Crippen molar-refractivity contribution in [3.8, 4) is 0 Å². The van der Waals surface area contributed by atoms with Crippen LogP contribution in [0.1, 0.15) is 36.5 Å². The van der Waals surface area contributed by atoms with Crippen LogP contribution in [0, 0.1) is 5.92 Å². The number of likely N-dealkylation sites (tertiary alicyclic amines) is 1. The van der Waals surface area contributed by atoms with Crippen molar-refractivity contribution in [3.63, 3.8) is 0 Å². The van der Waals surface area contributed by atoms with Gasteiger partial charge in [-0.1, -0.05) is 41.4 Å². The van der Waals surface area contributed by atoms with Crippen molar-refractivity contribution in [1.82, 2.24) is 4.90 Å². The summed E-state index contributed by atoms with van der Waals surface area (Å²) in [6.45, 7) is 4.95. The molecular formula is C15H20BrNO. The van der Waals surface area contributed by atoms with Gasteiger partial charge in [0.15, 0.2) is 5.78 Å². The van der Waals surface area contributed by atoms with Crippen molar-refractivity contribution < 1.29 is 4.79 Å². The summed E-state index contributed by atoms with van der Waals surface area (Å²) in [5.74, 6) is 1.00. The summed E-state index contributed by atoms with van der Waals surface area (Å²) in [5, 5.41) is 0. The van der Waals surface area contributed by atoms with Crippen LogP contribution >= 0.6 is 15.9 Å². The van der Waals surface area contributed by atoms with Gasteiger partial charge in [0.05, 0.1) is 6.54 Å². The van der Waals surface area contributed by atoms with Gasteiger partial charge in [-0.25, -0.2) is 0 Å². The second kappa shape index (κ2) is 6.48. The van der Waals surface area contributed by atoms with Gasteiger partial charge >= 0.3 is 0 Å². The molecule has 0 N–H and O–H groups in total. The number of carbonyl (C=O) groups excluding carboxylic acids is 1. The van der Waals surface area contributed by atoms with Gasteiger partial charge < -0.3 is 0 Å². The van der Waals surface area contributed by atoms with E-state index in [4.69, 9.17) is 0 Å². The number of Topliss-reactive ketones (excluding diaryl/α,β-unsaturated/α-hetero) is 1. The van der Waals surface area contributed by atoms with Crippen molar-refractivity contribution in [3.05, 3.63) is 34.3 Å². The average molecular weight is 310 g/mol. The number of halogens is 1. The summed E-state index contributed by atoms with van der Waals surface area (Å²) in [6.07, 6.45) is 3.77. The first kappa shape index (κ1) is 13.8. The highest BCUT2D eigenvalue weighted by Gasteiger charge is 2.20. The molecule has 1 aromatic rings. The molecule has 1 heterocycles. The van der Waals surface area contributed by atoms with Gasteiger partial charge in [0, 0.05) is 16.6 Å². The Morgan fingerprint density at radius 3 is 3.06 bits per heavy atom. The minimum absolute atomic E-state index is 0.230. The fourth-order valence-corrected chi connectivity index (χ4v) is 2.98. The molecule has 1 atom stereocenters. The molecule has 0 amide bonds. The quantitative estimate of drug-likeness (QED) is 0.789. The molecule has 0 bridgehead atoms. The summed E-state index contributed by atoms with van der Waals surface area (Å²) < 4.78 is 0.971. The predicted octanol–water partition coefficient (Wildman–Crippen LogP) is 3.75. The molecular weight excluding hydrogens is 290 g/mol. The normalized spacial score (nSPS) is 20.9. The van der Waals surface area contributed by atoms with Gasteiger partial charge in [-0.3, -0.25) is 9.69 Å². The van der Waals surface area contributed by atoms with E-state index in [-0.39, 0.29) is 5.78 Å². The minimum Gasteiger partial charge on any atom is -0.296 e. The average Bonchev–Trinajstić information content (AvgIpc) is 2.39. The van der Waals surface area contributed by atoms with E-state index >= 15 is 0 Å². The minimum atomic E-state index is 0.230. The van der Waals surface area contributed by atoms with Crippen LogP contribution in [0.2, 0.25) is 0 Å². The molecule has 1 saturated heterocycles. The molecule has 0 spiro atoms. The number of ketones is 1. The van der Waals surface area contributed by atoms with E-state index in [2.05, 4.69) is 27.8 Å². The topological polar surface area (TPSA) is 20.3 Å². The van der Waals surface area contributed by atoms with Crippen molar-refractivity contribution in [2.45, 2.75) is 26.2 Å². The summed E-state index contributed by atoms with van der Waals surface area (Å²) in [5.41, 5.74) is 0.808. The fourth-order valence-electron chi connectivity index (χ4n) is 2.58. The highest BCUT2D eigenvalue weighted by Crippen LogP contribution is 2.19. The van der Waals surface area contributed by atoms with Gasteiger partial charge in [-0.05, 0) is 37.4 Å². The lowest BCUT2D eigenvalue weighted by molar-refractivity contribution is 0.0884. The van der Waals surface area contributed by atoms with Crippen LogP contribution in [-0.4, -0.2) is 30.3 Å². The second-order valence-corrected chi connectivity index (χ2v) is 6.00. The van der Waals surface area contributed by atoms with Crippen LogP contribution < -0.4 is 0 Å². The van der Waals surface area contributed by atoms with Crippen LogP contribution in [0.4, 0.5) is 0 Å². The molecule has 1 aliphatic heterocycles. The maximum Gasteiger partial charge on any atom is 0.176 e. The number of rotatable bonds is 4. The third-order valence-electron chi connectivity index (χ3n) is 3.69. The Morgan fingerprint density at radius 2 is 2.33 bits per heavy atom. The zero-order valence-electron chi connectivity index (χ0n) is 10.9. The highest BCUT2D eigenvalue weighted by molar-refractivity contribution is 9.10. The van der Waals surface area contributed by atoms with Crippen LogP contribution in [0.15, 0.2) is 28.7 Å². The van der Waals surface area contributed by atoms with E-state index in [0.717, 1.165) is 29.0 Å². The molecule has 2 nitrogen and oxygen atoms in total. The van der Waals surface area contributed by atoms with Crippen molar-refractivity contribution in [1.29, 1.82) is 0 Å². The number of hydrogen-bond acceptors (Lipinski definition) is 2. The summed E-state index contributed by atoms with van der Waals surface area (Å²) in [4.78, 5) is 14.5. The van der Waals surface area contributed by atoms with Crippen LogP contribution in [0.3, 0.4) is 0 Å². The Hall–Kier alpha value is -0.670. The molecule has 1 aliphatic rings. The molecule has 1 unspecified atom stereocenters. The van der Waals surface area contributed by atoms with Crippen molar-refractivity contribution in [2.75, 3.05) is 19.6 Å². The summed E-state index contributed by atoms with van der Waals surface area (Å²) in [6, 6.07) is 7.67. The lowest BCUT2D eigenvalue weighted by Crippen LogP contribution is -2.38. The second-order valence-electron chi connectivity index (χ2n) is 5.09. The number of carbonyl (C=O) groups is 1. The summed E-state index contributed by atoms with van der Waals surface area (Å²) >= 11 is 3.41. The summed E-state index contributed by atoms with van der Waals surface area (Å²) in [7, 11) is 0. The van der Waals surface area contributed by atoms with E-state index in [0.29, 0.717) is 6.54 Å². The number of benzene rings is 1. The zero-order valence-corrected chi connectivity index (χ0v) is 12.4. The molecule has 1 aromatic carbocycles. The first-order chi connectivity index (χ1) is 8.69. The first-order valence-electron chi connectivity index (χ1n) is 6.70. The number of nitrogens with zero attached hydrogens (tertiary/aromatic N) is 1. The monoisotopic (exact) mass is 309 g/mol. The molecule has 0 saturated carbocycles.